The smallest absolute Gasteiger partial charge is 0.167 e. The minimum Gasteiger partial charge on any atom is -0.368 e. The fraction of sp³-hybridized carbons (Fsp3) is 0.290. The summed E-state index contributed by atoms with van der Waals surface area (Å²) in [5, 5.41) is 0. The molecular weight excluding hydrogens is 502 g/mol. The van der Waals surface area contributed by atoms with E-state index >= 15 is 8.78 Å². The molecule has 38 heavy (non-hydrogen) atoms. The topological polar surface area (TPSA) is 12.5 Å². The molecule has 1 fully saturated rings. The molecule has 5 rings (SSSR count). The van der Waals surface area contributed by atoms with Gasteiger partial charge >= 0.3 is 0 Å². The van der Waals surface area contributed by atoms with Crippen molar-refractivity contribution in [3.8, 4) is 11.1 Å². The Kier molecular flexibility index (Phi) is 7.48. The lowest BCUT2D eigenvalue weighted by atomic mass is 9.81. The third kappa shape index (κ3) is 4.92. The summed E-state index contributed by atoms with van der Waals surface area (Å²) in [7, 11) is 0. The zero-order valence-corrected chi connectivity index (χ0v) is 20.8. The van der Waals surface area contributed by atoms with Gasteiger partial charge in [0.1, 0.15) is 6.10 Å². The number of aryl methyl sites for hydroxylation is 1. The summed E-state index contributed by atoms with van der Waals surface area (Å²) < 4.78 is 93.7. The van der Waals surface area contributed by atoms with Gasteiger partial charge in [-0.15, -0.1) is 0 Å². The van der Waals surface area contributed by atoms with E-state index in [2.05, 4.69) is 0 Å². The van der Waals surface area contributed by atoms with Crippen molar-refractivity contribution in [1.29, 1.82) is 0 Å². The standard InChI is InChI=1S/C31H26F6O/c1-2-3-4-5-19-10-11-20(27(33)26(19)32)17-6-8-18(9-7-17)21-12-13-22(29(35)28(21)34)23-14-15-24(25-16-38-25)31(37)30(23)36/h2-3,8,10-15,17,25H,4-7,9,16H2,1H3/b3-2+. The van der Waals surface area contributed by atoms with Crippen molar-refractivity contribution in [3.63, 3.8) is 0 Å². The third-order valence-electron chi connectivity index (χ3n) is 7.37. The first-order chi connectivity index (χ1) is 18.3. The number of benzene rings is 3. The van der Waals surface area contributed by atoms with E-state index in [1.807, 2.05) is 19.1 Å². The molecule has 0 radical (unpaired) electrons. The molecule has 0 amide bonds. The summed E-state index contributed by atoms with van der Waals surface area (Å²) >= 11 is 0. The Morgan fingerprint density at radius 3 is 2.03 bits per heavy atom. The van der Waals surface area contributed by atoms with Crippen LogP contribution < -0.4 is 0 Å². The molecule has 3 aromatic rings. The number of allylic oxidation sites excluding steroid dienone is 4. The molecule has 0 spiro atoms. The van der Waals surface area contributed by atoms with Crippen LogP contribution in [0.2, 0.25) is 0 Å². The second-order valence-corrected chi connectivity index (χ2v) is 9.69. The molecule has 1 aliphatic carbocycles. The lowest BCUT2D eigenvalue weighted by Crippen LogP contribution is -2.09. The maximum absolute atomic E-state index is 15.1. The second-order valence-electron chi connectivity index (χ2n) is 9.69. The Morgan fingerprint density at radius 2 is 1.37 bits per heavy atom. The maximum Gasteiger partial charge on any atom is 0.167 e. The molecule has 1 aliphatic heterocycles. The molecule has 2 atom stereocenters. The van der Waals surface area contributed by atoms with Gasteiger partial charge in [0.2, 0.25) is 0 Å². The van der Waals surface area contributed by atoms with E-state index in [0.29, 0.717) is 43.2 Å². The van der Waals surface area contributed by atoms with Crippen LogP contribution in [0.15, 0.2) is 54.6 Å². The highest BCUT2D eigenvalue weighted by atomic mass is 19.2. The normalized spacial score (nSPS) is 19.2. The highest BCUT2D eigenvalue weighted by Crippen LogP contribution is 2.41. The highest BCUT2D eigenvalue weighted by molar-refractivity contribution is 5.73. The van der Waals surface area contributed by atoms with Gasteiger partial charge in [-0.25, -0.2) is 26.3 Å². The molecule has 0 aromatic heterocycles. The summed E-state index contributed by atoms with van der Waals surface area (Å²) in [5.41, 5.74) is 0.422. The summed E-state index contributed by atoms with van der Waals surface area (Å²) in [6.07, 6.45) is 7.03. The van der Waals surface area contributed by atoms with Crippen molar-refractivity contribution in [2.75, 3.05) is 6.61 Å². The van der Waals surface area contributed by atoms with Gasteiger partial charge in [0.05, 0.1) is 6.61 Å². The first kappa shape index (κ1) is 26.3. The highest BCUT2D eigenvalue weighted by Gasteiger charge is 2.31. The van der Waals surface area contributed by atoms with Crippen molar-refractivity contribution in [2.45, 2.75) is 51.0 Å². The van der Waals surface area contributed by atoms with Crippen LogP contribution in [0.25, 0.3) is 16.7 Å². The Balaban J connectivity index is 1.36. The van der Waals surface area contributed by atoms with E-state index in [9.17, 15) is 17.6 Å². The molecule has 0 bridgehead atoms. The minimum absolute atomic E-state index is 0.0135. The first-order valence-corrected chi connectivity index (χ1v) is 12.7. The Bertz CT molecular complexity index is 1440. The molecule has 2 aliphatic rings. The van der Waals surface area contributed by atoms with Crippen molar-refractivity contribution in [1.82, 2.24) is 0 Å². The molecule has 0 N–H and O–H groups in total. The number of epoxide rings is 1. The van der Waals surface area contributed by atoms with Gasteiger partial charge in [-0.2, -0.15) is 0 Å². The molecule has 2 unspecified atom stereocenters. The third-order valence-corrected chi connectivity index (χ3v) is 7.37. The fourth-order valence-electron chi connectivity index (χ4n) is 5.13. The lowest BCUT2D eigenvalue weighted by Gasteiger charge is -2.24. The summed E-state index contributed by atoms with van der Waals surface area (Å²) in [5.74, 6) is -6.83. The average molecular weight is 529 g/mol. The molecule has 1 heterocycles. The Labute approximate surface area is 217 Å². The van der Waals surface area contributed by atoms with Crippen molar-refractivity contribution >= 4 is 5.57 Å². The molecule has 7 heteroatoms. The predicted octanol–water partition coefficient (Wildman–Crippen LogP) is 9.12. The molecule has 1 nitrogen and oxygen atoms in total. The minimum atomic E-state index is -1.28. The molecule has 0 saturated carbocycles. The summed E-state index contributed by atoms with van der Waals surface area (Å²) in [4.78, 5) is 0. The number of rotatable bonds is 7. The van der Waals surface area contributed by atoms with Crippen LogP contribution in [0.3, 0.4) is 0 Å². The predicted molar refractivity (Wildman–Crippen MR) is 134 cm³/mol. The van der Waals surface area contributed by atoms with Crippen LogP contribution in [0.1, 0.15) is 66.9 Å². The average Bonchev–Trinajstić information content (AvgIpc) is 3.76. The largest absolute Gasteiger partial charge is 0.368 e. The van der Waals surface area contributed by atoms with Gasteiger partial charge in [-0.1, -0.05) is 54.6 Å². The number of ether oxygens (including phenoxy) is 1. The van der Waals surface area contributed by atoms with Crippen LogP contribution in [0.5, 0.6) is 0 Å². The molecular formula is C31H26F6O. The van der Waals surface area contributed by atoms with Gasteiger partial charge in [0, 0.05) is 22.3 Å². The first-order valence-electron chi connectivity index (χ1n) is 12.7. The summed E-state index contributed by atoms with van der Waals surface area (Å²) in [6, 6.07) is 8.32. The maximum atomic E-state index is 15.1. The fourth-order valence-corrected chi connectivity index (χ4v) is 5.13. The zero-order chi connectivity index (χ0) is 27.0. The zero-order valence-electron chi connectivity index (χ0n) is 20.8. The monoisotopic (exact) mass is 528 g/mol. The van der Waals surface area contributed by atoms with Crippen LogP contribution in [-0.4, -0.2) is 6.61 Å². The van der Waals surface area contributed by atoms with E-state index < -0.39 is 41.0 Å². The molecule has 198 valence electrons. The van der Waals surface area contributed by atoms with Crippen molar-refractivity contribution in [3.05, 3.63) is 112 Å². The van der Waals surface area contributed by atoms with E-state index in [4.69, 9.17) is 4.74 Å². The SMILES string of the molecule is C/C=C/CCc1ccc(C2CC=C(c3ccc(-c4ccc(C5CO5)c(F)c4F)c(F)c3F)CC2)c(F)c1F. The van der Waals surface area contributed by atoms with Crippen molar-refractivity contribution < 1.29 is 31.1 Å². The van der Waals surface area contributed by atoms with Crippen LogP contribution >= 0.6 is 0 Å². The lowest BCUT2D eigenvalue weighted by molar-refractivity contribution is 0.401. The van der Waals surface area contributed by atoms with Crippen LogP contribution in [-0.2, 0) is 11.2 Å². The van der Waals surface area contributed by atoms with Gasteiger partial charge in [-0.3, -0.25) is 0 Å². The van der Waals surface area contributed by atoms with Crippen molar-refractivity contribution in [2.24, 2.45) is 0 Å². The van der Waals surface area contributed by atoms with Gasteiger partial charge in [0.15, 0.2) is 34.9 Å². The molecule has 3 aromatic carbocycles. The number of halogens is 6. The Morgan fingerprint density at radius 1 is 0.763 bits per heavy atom. The number of hydrogen-bond donors (Lipinski definition) is 0. The van der Waals surface area contributed by atoms with Gasteiger partial charge in [0.25, 0.3) is 0 Å². The van der Waals surface area contributed by atoms with Crippen LogP contribution in [0, 0.1) is 34.9 Å². The van der Waals surface area contributed by atoms with E-state index in [1.165, 1.54) is 24.3 Å². The second kappa shape index (κ2) is 10.8. The number of hydrogen-bond acceptors (Lipinski definition) is 1. The van der Waals surface area contributed by atoms with Gasteiger partial charge in [-0.05, 0) is 61.6 Å². The Hall–Kier alpha value is -3.32. The van der Waals surface area contributed by atoms with E-state index in [1.54, 1.807) is 18.2 Å². The summed E-state index contributed by atoms with van der Waals surface area (Å²) in [6.45, 7) is 2.15. The quantitative estimate of drug-likeness (QED) is 0.169. The molecule has 1 saturated heterocycles. The van der Waals surface area contributed by atoms with Crippen LogP contribution in [0.4, 0.5) is 26.3 Å². The van der Waals surface area contributed by atoms with E-state index in [-0.39, 0.29) is 40.3 Å². The van der Waals surface area contributed by atoms with Gasteiger partial charge < -0.3 is 4.74 Å². The van der Waals surface area contributed by atoms with E-state index in [0.717, 1.165) is 0 Å².